The molecular weight excluding hydrogens is 376 g/mol. The fourth-order valence-electron chi connectivity index (χ4n) is 1.91. The van der Waals surface area contributed by atoms with Gasteiger partial charge in [0.2, 0.25) is 0 Å². The van der Waals surface area contributed by atoms with Gasteiger partial charge < -0.3 is 10.1 Å². The smallest absolute Gasteiger partial charge is 0.257 e. The highest BCUT2D eigenvalue weighted by Gasteiger charge is 2.10. The molecule has 0 unspecified atom stereocenters. The van der Waals surface area contributed by atoms with Gasteiger partial charge in [-0.05, 0) is 55.9 Å². The highest BCUT2D eigenvalue weighted by molar-refractivity contribution is 9.10. The lowest BCUT2D eigenvalue weighted by Gasteiger charge is -2.13. The van der Waals surface area contributed by atoms with E-state index in [2.05, 4.69) is 26.6 Å². The predicted octanol–water partition coefficient (Wildman–Crippen LogP) is 4.28. The van der Waals surface area contributed by atoms with Crippen molar-refractivity contribution in [3.8, 4) is 5.75 Å². The molecule has 0 spiro atoms. The van der Waals surface area contributed by atoms with Gasteiger partial charge in [0.15, 0.2) is 5.11 Å². The number of amides is 1. The molecule has 4 nitrogen and oxygen atoms in total. The molecule has 6 heteroatoms. The van der Waals surface area contributed by atoms with Gasteiger partial charge in [0.25, 0.3) is 5.91 Å². The van der Waals surface area contributed by atoms with E-state index < -0.39 is 0 Å². The first kappa shape index (κ1) is 17.4. The summed E-state index contributed by atoms with van der Waals surface area (Å²) in [5.74, 6) is 0.418. The maximum absolute atomic E-state index is 12.2. The summed E-state index contributed by atoms with van der Waals surface area (Å²) >= 11 is 8.62. The first-order chi connectivity index (χ1) is 11.0. The molecule has 0 heterocycles. The molecule has 0 fully saturated rings. The lowest BCUT2D eigenvalue weighted by Crippen LogP contribution is -2.34. The van der Waals surface area contributed by atoms with Crippen LogP contribution in [-0.2, 0) is 0 Å². The number of thiocarbonyl (C=S) groups is 1. The number of benzene rings is 2. The minimum absolute atomic E-state index is 0.221. The summed E-state index contributed by atoms with van der Waals surface area (Å²) in [4.78, 5) is 12.2. The Morgan fingerprint density at radius 1 is 1.26 bits per heavy atom. The molecule has 2 aromatic carbocycles. The highest BCUT2D eigenvalue weighted by Crippen LogP contribution is 2.23. The van der Waals surface area contributed by atoms with Crippen LogP contribution >= 0.6 is 28.1 Å². The van der Waals surface area contributed by atoms with E-state index in [9.17, 15) is 4.79 Å². The SMILES string of the molecule is CCOc1ccccc1NC(=S)NC(=O)c1ccc(C)c(Br)c1. The van der Waals surface area contributed by atoms with E-state index in [1.165, 1.54) is 0 Å². The van der Waals surface area contributed by atoms with Crippen molar-refractivity contribution in [3.63, 3.8) is 0 Å². The van der Waals surface area contributed by atoms with Crippen molar-refractivity contribution in [2.75, 3.05) is 11.9 Å². The van der Waals surface area contributed by atoms with Crippen LogP contribution in [0, 0.1) is 6.92 Å². The van der Waals surface area contributed by atoms with Gasteiger partial charge in [0, 0.05) is 10.0 Å². The molecule has 0 radical (unpaired) electrons. The van der Waals surface area contributed by atoms with E-state index in [4.69, 9.17) is 17.0 Å². The second-order valence-electron chi connectivity index (χ2n) is 4.80. The largest absolute Gasteiger partial charge is 0.492 e. The number of hydrogen-bond donors (Lipinski definition) is 2. The van der Waals surface area contributed by atoms with E-state index >= 15 is 0 Å². The number of hydrogen-bond acceptors (Lipinski definition) is 3. The highest BCUT2D eigenvalue weighted by atomic mass is 79.9. The van der Waals surface area contributed by atoms with Crippen LogP contribution in [0.3, 0.4) is 0 Å². The Kier molecular flexibility index (Phi) is 6.12. The molecule has 0 saturated carbocycles. The Bertz CT molecular complexity index is 734. The molecule has 120 valence electrons. The van der Waals surface area contributed by atoms with Crippen molar-refractivity contribution in [2.45, 2.75) is 13.8 Å². The summed E-state index contributed by atoms with van der Waals surface area (Å²) < 4.78 is 6.40. The minimum Gasteiger partial charge on any atom is -0.492 e. The lowest BCUT2D eigenvalue weighted by molar-refractivity contribution is 0.0977. The summed E-state index contributed by atoms with van der Waals surface area (Å²) in [5.41, 5.74) is 2.31. The number of para-hydroxylation sites is 2. The molecule has 0 aliphatic rings. The van der Waals surface area contributed by atoms with Crippen LogP contribution in [0.2, 0.25) is 0 Å². The molecule has 0 bridgehead atoms. The first-order valence-electron chi connectivity index (χ1n) is 7.11. The van der Waals surface area contributed by atoms with Crippen molar-refractivity contribution < 1.29 is 9.53 Å². The van der Waals surface area contributed by atoms with E-state index in [1.54, 1.807) is 12.1 Å². The monoisotopic (exact) mass is 392 g/mol. The maximum atomic E-state index is 12.2. The Hall–Kier alpha value is -1.92. The van der Waals surface area contributed by atoms with Crippen molar-refractivity contribution >= 4 is 44.9 Å². The summed E-state index contributed by atoms with van der Waals surface area (Å²) in [6.45, 7) is 4.42. The van der Waals surface area contributed by atoms with E-state index in [0.717, 1.165) is 10.0 Å². The van der Waals surface area contributed by atoms with Crippen molar-refractivity contribution in [1.29, 1.82) is 0 Å². The molecule has 0 aromatic heterocycles. The Balaban J connectivity index is 2.04. The van der Waals surface area contributed by atoms with Gasteiger partial charge in [-0.25, -0.2) is 0 Å². The number of aryl methyl sites for hydroxylation is 1. The topological polar surface area (TPSA) is 50.4 Å². The van der Waals surface area contributed by atoms with Crippen molar-refractivity contribution in [1.82, 2.24) is 5.32 Å². The zero-order chi connectivity index (χ0) is 16.8. The maximum Gasteiger partial charge on any atom is 0.257 e. The van der Waals surface area contributed by atoms with Crippen molar-refractivity contribution in [3.05, 3.63) is 58.1 Å². The number of anilines is 1. The fourth-order valence-corrected chi connectivity index (χ4v) is 2.50. The molecule has 2 aromatic rings. The third-order valence-corrected chi connectivity index (χ3v) is 4.15. The summed E-state index contributed by atoms with van der Waals surface area (Å²) in [5, 5.41) is 5.87. The fraction of sp³-hybridized carbons (Fsp3) is 0.176. The molecular formula is C17H17BrN2O2S. The van der Waals surface area contributed by atoms with Crippen LogP contribution in [-0.4, -0.2) is 17.6 Å². The van der Waals surface area contributed by atoms with Crippen LogP contribution in [0.15, 0.2) is 46.9 Å². The van der Waals surface area contributed by atoms with E-state index in [-0.39, 0.29) is 11.0 Å². The van der Waals surface area contributed by atoms with E-state index in [1.807, 2.05) is 44.2 Å². The molecule has 23 heavy (non-hydrogen) atoms. The van der Waals surface area contributed by atoms with Gasteiger partial charge in [-0.2, -0.15) is 0 Å². The van der Waals surface area contributed by atoms with Crippen LogP contribution in [0.4, 0.5) is 5.69 Å². The average Bonchev–Trinajstić information content (AvgIpc) is 2.52. The quantitative estimate of drug-likeness (QED) is 0.762. The van der Waals surface area contributed by atoms with Gasteiger partial charge in [-0.1, -0.05) is 34.1 Å². The first-order valence-corrected chi connectivity index (χ1v) is 8.31. The second-order valence-corrected chi connectivity index (χ2v) is 6.06. The van der Waals surface area contributed by atoms with Crippen LogP contribution in [0.25, 0.3) is 0 Å². The Labute approximate surface area is 149 Å². The molecule has 2 N–H and O–H groups in total. The third-order valence-electron chi connectivity index (χ3n) is 3.10. The predicted molar refractivity (Wildman–Crippen MR) is 100 cm³/mol. The molecule has 0 saturated heterocycles. The van der Waals surface area contributed by atoms with Gasteiger partial charge in [-0.15, -0.1) is 0 Å². The Morgan fingerprint density at radius 3 is 2.70 bits per heavy atom. The average molecular weight is 393 g/mol. The molecule has 0 aliphatic carbocycles. The summed E-state index contributed by atoms with van der Waals surface area (Å²) in [6, 6.07) is 12.8. The van der Waals surface area contributed by atoms with Gasteiger partial charge in [0.1, 0.15) is 5.75 Å². The number of halogens is 1. The van der Waals surface area contributed by atoms with Gasteiger partial charge in [0.05, 0.1) is 12.3 Å². The zero-order valence-corrected chi connectivity index (χ0v) is 15.3. The molecule has 0 atom stereocenters. The summed E-state index contributed by atoms with van der Waals surface area (Å²) in [6.07, 6.45) is 0. The number of nitrogens with one attached hydrogen (secondary N) is 2. The summed E-state index contributed by atoms with van der Waals surface area (Å²) in [7, 11) is 0. The Morgan fingerprint density at radius 2 is 2.00 bits per heavy atom. The van der Waals surface area contributed by atoms with E-state index in [0.29, 0.717) is 23.6 Å². The number of ether oxygens (including phenoxy) is 1. The van der Waals surface area contributed by atoms with Gasteiger partial charge in [-0.3, -0.25) is 10.1 Å². The second kappa shape index (κ2) is 8.08. The van der Waals surface area contributed by atoms with Gasteiger partial charge >= 0.3 is 0 Å². The van der Waals surface area contributed by atoms with Crippen LogP contribution < -0.4 is 15.4 Å². The number of rotatable bonds is 4. The minimum atomic E-state index is -0.267. The normalized spacial score (nSPS) is 10.0. The van der Waals surface area contributed by atoms with Crippen molar-refractivity contribution in [2.24, 2.45) is 0 Å². The zero-order valence-electron chi connectivity index (χ0n) is 12.9. The molecule has 0 aliphatic heterocycles. The molecule has 2 rings (SSSR count). The standard InChI is InChI=1S/C17H17BrN2O2S/c1-3-22-15-7-5-4-6-14(15)19-17(23)20-16(21)12-9-8-11(2)13(18)10-12/h4-10H,3H2,1-2H3,(H2,19,20,21,23). The van der Waals surface area contributed by atoms with Crippen LogP contribution in [0.1, 0.15) is 22.8 Å². The van der Waals surface area contributed by atoms with Crippen LogP contribution in [0.5, 0.6) is 5.75 Å². The molecule has 1 amide bonds. The number of carbonyl (C=O) groups is 1. The lowest BCUT2D eigenvalue weighted by atomic mass is 10.1. The number of carbonyl (C=O) groups excluding carboxylic acids is 1. The third kappa shape index (κ3) is 4.77.